The van der Waals surface area contributed by atoms with E-state index in [-0.39, 0.29) is 36.2 Å². The first kappa shape index (κ1) is 15.9. The van der Waals surface area contributed by atoms with Crippen LogP contribution in [0.4, 0.5) is 4.39 Å². The van der Waals surface area contributed by atoms with Gasteiger partial charge in [0.25, 0.3) is 0 Å². The molecule has 0 N–H and O–H groups in total. The lowest BCUT2D eigenvalue weighted by Crippen LogP contribution is -2.05. The molecule has 1 nitrogen and oxygen atoms in total. The standard InChI is InChI=1S/C13H4Cl5FO/c14-7-3-5(19)1-2-6(7)13(20)10-11(17)8(15)4-9(16)12(10)18/h1-4H. The van der Waals surface area contributed by atoms with Gasteiger partial charge in [0, 0.05) is 5.56 Å². The Morgan fingerprint density at radius 2 is 1.40 bits per heavy atom. The van der Waals surface area contributed by atoms with E-state index in [1.807, 2.05) is 0 Å². The van der Waals surface area contributed by atoms with Crippen LogP contribution in [0, 0.1) is 5.82 Å². The highest BCUT2D eigenvalue weighted by Gasteiger charge is 2.23. The van der Waals surface area contributed by atoms with Crippen LogP contribution >= 0.6 is 58.0 Å². The minimum absolute atomic E-state index is 0.0357. The van der Waals surface area contributed by atoms with Crippen molar-refractivity contribution in [3.05, 3.63) is 66.3 Å². The van der Waals surface area contributed by atoms with E-state index in [2.05, 4.69) is 0 Å². The molecule has 20 heavy (non-hydrogen) atoms. The van der Waals surface area contributed by atoms with Gasteiger partial charge in [-0.05, 0) is 24.3 Å². The maximum absolute atomic E-state index is 13.0. The fourth-order valence-corrected chi connectivity index (χ4v) is 2.82. The number of rotatable bonds is 2. The number of hydrogen-bond donors (Lipinski definition) is 0. The predicted molar refractivity (Wildman–Crippen MR) is 81.3 cm³/mol. The van der Waals surface area contributed by atoms with Crippen molar-refractivity contribution in [2.24, 2.45) is 0 Å². The topological polar surface area (TPSA) is 17.1 Å². The van der Waals surface area contributed by atoms with E-state index in [1.165, 1.54) is 12.1 Å². The molecule has 0 fully saturated rings. The Morgan fingerprint density at radius 1 is 0.850 bits per heavy atom. The monoisotopic (exact) mass is 370 g/mol. The summed E-state index contributed by atoms with van der Waals surface area (Å²) in [5.41, 5.74) is -0.0189. The SMILES string of the molecule is O=C(c1ccc(F)cc1Cl)c1c(Cl)c(Cl)cc(Cl)c1Cl. The second-order valence-electron chi connectivity index (χ2n) is 3.80. The van der Waals surface area contributed by atoms with Crippen molar-refractivity contribution in [3.8, 4) is 0 Å². The van der Waals surface area contributed by atoms with Crippen LogP contribution < -0.4 is 0 Å². The summed E-state index contributed by atoms with van der Waals surface area (Å²) in [4.78, 5) is 12.4. The first-order chi connectivity index (χ1) is 9.32. The normalized spacial score (nSPS) is 10.7. The molecular formula is C13H4Cl5FO. The molecule has 0 aliphatic heterocycles. The zero-order valence-electron chi connectivity index (χ0n) is 9.49. The van der Waals surface area contributed by atoms with E-state index < -0.39 is 11.6 Å². The molecule has 0 aliphatic rings. The minimum Gasteiger partial charge on any atom is -0.288 e. The molecule has 0 aliphatic carbocycles. The van der Waals surface area contributed by atoms with Gasteiger partial charge in [0.15, 0.2) is 5.78 Å². The molecule has 2 aromatic rings. The Bertz CT molecular complexity index is 688. The lowest BCUT2D eigenvalue weighted by Gasteiger charge is -2.10. The Balaban J connectivity index is 2.65. The van der Waals surface area contributed by atoms with Crippen LogP contribution in [0.5, 0.6) is 0 Å². The van der Waals surface area contributed by atoms with Crippen molar-refractivity contribution in [2.45, 2.75) is 0 Å². The van der Waals surface area contributed by atoms with E-state index in [1.54, 1.807) is 0 Å². The highest BCUT2D eigenvalue weighted by atomic mass is 35.5. The molecule has 0 saturated carbocycles. The molecule has 0 saturated heterocycles. The van der Waals surface area contributed by atoms with Gasteiger partial charge in [-0.15, -0.1) is 0 Å². The fourth-order valence-electron chi connectivity index (χ4n) is 1.58. The number of benzene rings is 2. The smallest absolute Gasteiger partial charge is 0.197 e. The van der Waals surface area contributed by atoms with Crippen LogP contribution in [0.2, 0.25) is 25.1 Å². The molecule has 0 unspecified atom stereocenters. The number of halogens is 6. The largest absolute Gasteiger partial charge is 0.288 e. The Hall–Kier alpha value is -0.510. The van der Waals surface area contributed by atoms with Crippen LogP contribution in [0.1, 0.15) is 15.9 Å². The summed E-state index contributed by atoms with van der Waals surface area (Å²) in [6.45, 7) is 0. The van der Waals surface area contributed by atoms with Gasteiger partial charge in [-0.3, -0.25) is 4.79 Å². The summed E-state index contributed by atoms with van der Waals surface area (Å²) in [5, 5.41) is 0.0430. The molecule has 0 bridgehead atoms. The van der Waals surface area contributed by atoms with Crippen molar-refractivity contribution >= 4 is 63.8 Å². The first-order valence-corrected chi connectivity index (χ1v) is 7.04. The quantitative estimate of drug-likeness (QED) is 0.445. The third-order valence-corrected chi connectivity index (χ3v) is 4.40. The van der Waals surface area contributed by atoms with E-state index >= 15 is 0 Å². The molecule has 7 heteroatoms. The molecule has 0 aromatic heterocycles. The maximum atomic E-state index is 13.0. The van der Waals surface area contributed by atoms with Gasteiger partial charge in [0.1, 0.15) is 5.82 Å². The molecule has 104 valence electrons. The molecule has 0 spiro atoms. The summed E-state index contributed by atoms with van der Waals surface area (Å²) in [6.07, 6.45) is 0. The van der Waals surface area contributed by atoms with Crippen molar-refractivity contribution in [1.29, 1.82) is 0 Å². The second kappa shape index (κ2) is 6.08. The van der Waals surface area contributed by atoms with E-state index in [9.17, 15) is 9.18 Å². The molecular weight excluding hydrogens is 368 g/mol. The summed E-state index contributed by atoms with van der Waals surface area (Å²) < 4.78 is 13.0. The van der Waals surface area contributed by atoms with E-state index in [4.69, 9.17) is 58.0 Å². The maximum Gasteiger partial charge on any atom is 0.197 e. The third kappa shape index (κ3) is 2.90. The zero-order chi connectivity index (χ0) is 15.0. The van der Waals surface area contributed by atoms with Crippen molar-refractivity contribution in [3.63, 3.8) is 0 Å². The summed E-state index contributed by atoms with van der Waals surface area (Å²) in [5.74, 6) is -1.15. The highest BCUT2D eigenvalue weighted by Crippen LogP contribution is 2.39. The summed E-state index contributed by atoms with van der Waals surface area (Å²) in [7, 11) is 0. The lowest BCUT2D eigenvalue weighted by molar-refractivity contribution is 0.103. The zero-order valence-corrected chi connectivity index (χ0v) is 13.3. The Kier molecular flexibility index (Phi) is 4.83. The van der Waals surface area contributed by atoms with Crippen LogP contribution in [-0.2, 0) is 0 Å². The van der Waals surface area contributed by atoms with Crippen LogP contribution in [0.25, 0.3) is 0 Å². The molecule has 2 aromatic carbocycles. The summed E-state index contributed by atoms with van der Waals surface area (Å²) in [6, 6.07) is 4.69. The molecule has 0 atom stereocenters. The fraction of sp³-hybridized carbons (Fsp3) is 0. The van der Waals surface area contributed by atoms with Crippen LogP contribution in [0.3, 0.4) is 0 Å². The van der Waals surface area contributed by atoms with Crippen molar-refractivity contribution < 1.29 is 9.18 Å². The predicted octanol–water partition coefficient (Wildman–Crippen LogP) is 6.32. The molecule has 2 rings (SSSR count). The van der Waals surface area contributed by atoms with Crippen LogP contribution in [0.15, 0.2) is 24.3 Å². The van der Waals surface area contributed by atoms with E-state index in [0.717, 1.165) is 12.1 Å². The van der Waals surface area contributed by atoms with Gasteiger partial charge in [-0.1, -0.05) is 58.0 Å². The Morgan fingerprint density at radius 3 is 1.90 bits per heavy atom. The van der Waals surface area contributed by atoms with Gasteiger partial charge in [-0.25, -0.2) is 4.39 Å². The number of hydrogen-bond acceptors (Lipinski definition) is 1. The lowest BCUT2D eigenvalue weighted by atomic mass is 10.0. The minimum atomic E-state index is -0.589. The second-order valence-corrected chi connectivity index (χ2v) is 5.77. The Labute approximate surface area is 139 Å². The summed E-state index contributed by atoms with van der Waals surface area (Å²) >= 11 is 29.6. The van der Waals surface area contributed by atoms with Gasteiger partial charge >= 0.3 is 0 Å². The van der Waals surface area contributed by atoms with Gasteiger partial charge in [0.2, 0.25) is 0 Å². The average Bonchev–Trinajstić information content (AvgIpc) is 2.36. The average molecular weight is 372 g/mol. The molecule has 0 amide bonds. The number of carbonyl (C=O) groups excluding carboxylic acids is 1. The van der Waals surface area contributed by atoms with Crippen LogP contribution in [-0.4, -0.2) is 5.78 Å². The number of carbonyl (C=O) groups is 1. The van der Waals surface area contributed by atoms with Gasteiger partial charge in [-0.2, -0.15) is 0 Å². The molecule has 0 radical (unpaired) electrons. The first-order valence-electron chi connectivity index (χ1n) is 5.15. The molecule has 0 heterocycles. The van der Waals surface area contributed by atoms with Gasteiger partial charge in [0.05, 0.1) is 30.7 Å². The van der Waals surface area contributed by atoms with Crippen molar-refractivity contribution in [1.82, 2.24) is 0 Å². The third-order valence-electron chi connectivity index (χ3n) is 2.51. The van der Waals surface area contributed by atoms with Gasteiger partial charge < -0.3 is 0 Å². The van der Waals surface area contributed by atoms with Crippen molar-refractivity contribution in [2.75, 3.05) is 0 Å². The van der Waals surface area contributed by atoms with E-state index in [0.29, 0.717) is 0 Å². The highest BCUT2D eigenvalue weighted by molar-refractivity contribution is 6.51. The number of ketones is 1.